The predicted octanol–water partition coefficient (Wildman–Crippen LogP) is 3.15. The van der Waals surface area contributed by atoms with Crippen molar-refractivity contribution >= 4 is 23.6 Å². The Morgan fingerprint density at radius 1 is 1.32 bits per heavy atom. The SMILES string of the molecule is CC(C)(C)c1cc(NC(=O)CSc2nnc(-c3cccnc3)o2)on1. The van der Waals surface area contributed by atoms with E-state index in [2.05, 4.69) is 25.7 Å². The highest BCUT2D eigenvalue weighted by Gasteiger charge is 2.20. The van der Waals surface area contributed by atoms with Crippen molar-refractivity contribution < 1.29 is 13.7 Å². The largest absolute Gasteiger partial charge is 0.411 e. The molecule has 9 heteroatoms. The summed E-state index contributed by atoms with van der Waals surface area (Å²) >= 11 is 1.14. The van der Waals surface area contributed by atoms with Gasteiger partial charge >= 0.3 is 0 Å². The molecule has 1 amide bonds. The number of rotatable bonds is 5. The van der Waals surface area contributed by atoms with E-state index in [4.69, 9.17) is 8.94 Å². The van der Waals surface area contributed by atoms with Gasteiger partial charge in [0.15, 0.2) is 0 Å². The number of hydrogen-bond donors (Lipinski definition) is 1. The summed E-state index contributed by atoms with van der Waals surface area (Å²) in [6.07, 6.45) is 3.29. The molecule has 0 saturated heterocycles. The zero-order valence-electron chi connectivity index (χ0n) is 14.0. The lowest BCUT2D eigenvalue weighted by molar-refractivity contribution is -0.113. The third-order valence-corrected chi connectivity index (χ3v) is 4.00. The molecule has 0 aliphatic rings. The smallest absolute Gasteiger partial charge is 0.277 e. The van der Waals surface area contributed by atoms with Crippen molar-refractivity contribution in [1.82, 2.24) is 20.3 Å². The molecule has 0 aliphatic heterocycles. The molecule has 0 unspecified atom stereocenters. The zero-order valence-corrected chi connectivity index (χ0v) is 14.8. The minimum atomic E-state index is -0.247. The number of anilines is 1. The van der Waals surface area contributed by atoms with E-state index in [-0.39, 0.29) is 17.1 Å². The maximum atomic E-state index is 12.0. The van der Waals surface area contributed by atoms with Gasteiger partial charge in [-0.1, -0.05) is 37.7 Å². The second kappa shape index (κ2) is 7.06. The van der Waals surface area contributed by atoms with Crippen molar-refractivity contribution in [3.63, 3.8) is 0 Å². The number of hydrogen-bond acceptors (Lipinski definition) is 8. The molecule has 3 rings (SSSR count). The van der Waals surface area contributed by atoms with Crippen molar-refractivity contribution in [2.45, 2.75) is 31.4 Å². The van der Waals surface area contributed by atoms with Gasteiger partial charge in [-0.15, -0.1) is 10.2 Å². The Balaban J connectivity index is 1.54. The summed E-state index contributed by atoms with van der Waals surface area (Å²) in [4.78, 5) is 16.0. The van der Waals surface area contributed by atoms with Crippen LogP contribution in [0.1, 0.15) is 26.5 Å². The van der Waals surface area contributed by atoms with Gasteiger partial charge in [0.25, 0.3) is 5.22 Å². The highest BCUT2D eigenvalue weighted by molar-refractivity contribution is 7.99. The molecule has 0 spiro atoms. The van der Waals surface area contributed by atoms with Crippen LogP contribution in [0.5, 0.6) is 0 Å². The molecule has 8 nitrogen and oxygen atoms in total. The van der Waals surface area contributed by atoms with Crippen molar-refractivity contribution in [3.8, 4) is 11.5 Å². The average Bonchev–Trinajstić information content (AvgIpc) is 3.23. The van der Waals surface area contributed by atoms with Gasteiger partial charge in [0.2, 0.25) is 17.7 Å². The Labute approximate surface area is 148 Å². The Bertz CT molecular complexity index is 854. The number of thioether (sulfide) groups is 1. The molecule has 0 aliphatic carbocycles. The van der Waals surface area contributed by atoms with E-state index in [0.717, 1.165) is 23.0 Å². The van der Waals surface area contributed by atoms with Crippen LogP contribution in [0.4, 0.5) is 5.88 Å². The Morgan fingerprint density at radius 2 is 2.16 bits per heavy atom. The van der Waals surface area contributed by atoms with Gasteiger partial charge in [-0.3, -0.25) is 15.1 Å². The van der Waals surface area contributed by atoms with E-state index in [0.29, 0.717) is 17.0 Å². The predicted molar refractivity (Wildman–Crippen MR) is 92.1 cm³/mol. The molecule has 25 heavy (non-hydrogen) atoms. The number of carbonyl (C=O) groups is 1. The van der Waals surface area contributed by atoms with Gasteiger partial charge in [0, 0.05) is 23.9 Å². The van der Waals surface area contributed by atoms with Gasteiger partial charge < -0.3 is 8.94 Å². The van der Waals surface area contributed by atoms with Crippen LogP contribution in [0.2, 0.25) is 0 Å². The molecule has 0 radical (unpaired) electrons. The number of pyridine rings is 1. The highest BCUT2D eigenvalue weighted by Crippen LogP contribution is 2.25. The van der Waals surface area contributed by atoms with Crippen LogP contribution in [0, 0.1) is 0 Å². The van der Waals surface area contributed by atoms with Crippen LogP contribution in [-0.2, 0) is 10.2 Å². The maximum absolute atomic E-state index is 12.0. The van der Waals surface area contributed by atoms with E-state index < -0.39 is 0 Å². The summed E-state index contributed by atoms with van der Waals surface area (Å²) in [6.45, 7) is 6.05. The van der Waals surface area contributed by atoms with Gasteiger partial charge in [0.1, 0.15) is 0 Å². The van der Waals surface area contributed by atoms with Crippen molar-refractivity contribution in [2.75, 3.05) is 11.1 Å². The first-order valence-electron chi connectivity index (χ1n) is 7.55. The first kappa shape index (κ1) is 17.2. The molecule has 3 heterocycles. The lowest BCUT2D eigenvalue weighted by atomic mass is 9.92. The van der Waals surface area contributed by atoms with E-state index >= 15 is 0 Å². The monoisotopic (exact) mass is 359 g/mol. The first-order chi connectivity index (χ1) is 11.9. The van der Waals surface area contributed by atoms with Crippen LogP contribution in [0.3, 0.4) is 0 Å². The molecule has 0 atom stereocenters. The molecule has 1 N–H and O–H groups in total. The van der Waals surface area contributed by atoms with Gasteiger partial charge in [-0.2, -0.15) is 0 Å². The molecule has 3 aromatic rings. The maximum Gasteiger partial charge on any atom is 0.277 e. The first-order valence-corrected chi connectivity index (χ1v) is 8.54. The van der Waals surface area contributed by atoms with Crippen molar-refractivity contribution in [3.05, 3.63) is 36.3 Å². The third kappa shape index (κ3) is 4.44. The molecule has 0 aromatic carbocycles. The molecule has 3 aromatic heterocycles. The Kier molecular flexibility index (Phi) is 4.84. The van der Waals surface area contributed by atoms with Crippen LogP contribution in [0.25, 0.3) is 11.5 Å². The van der Waals surface area contributed by atoms with Crippen molar-refractivity contribution in [2.24, 2.45) is 0 Å². The summed E-state index contributed by atoms with van der Waals surface area (Å²) in [6, 6.07) is 5.32. The number of nitrogens with zero attached hydrogens (tertiary/aromatic N) is 4. The van der Waals surface area contributed by atoms with Gasteiger partial charge in [-0.05, 0) is 12.1 Å². The summed E-state index contributed by atoms with van der Waals surface area (Å²) < 4.78 is 10.6. The van der Waals surface area contributed by atoms with Crippen molar-refractivity contribution in [1.29, 1.82) is 0 Å². The fourth-order valence-electron chi connectivity index (χ4n) is 1.86. The second-order valence-electron chi connectivity index (χ2n) is 6.28. The molecule has 0 bridgehead atoms. The number of carbonyl (C=O) groups excluding carboxylic acids is 1. The lowest BCUT2D eigenvalue weighted by Gasteiger charge is -2.12. The fourth-order valence-corrected chi connectivity index (χ4v) is 2.43. The Morgan fingerprint density at radius 3 is 2.84 bits per heavy atom. The number of aromatic nitrogens is 4. The normalized spacial score (nSPS) is 11.5. The van der Waals surface area contributed by atoms with Crippen LogP contribution < -0.4 is 5.32 Å². The molecule has 130 valence electrons. The van der Waals surface area contributed by atoms with E-state index in [9.17, 15) is 4.79 Å². The summed E-state index contributed by atoms with van der Waals surface area (Å²) in [5.41, 5.74) is 1.35. The fraction of sp³-hybridized carbons (Fsp3) is 0.312. The third-order valence-electron chi connectivity index (χ3n) is 3.18. The Hall–Kier alpha value is -2.68. The summed E-state index contributed by atoms with van der Waals surface area (Å²) in [5, 5.41) is 14.8. The van der Waals surface area contributed by atoms with E-state index in [1.807, 2.05) is 26.8 Å². The standard InChI is InChI=1S/C16H17N5O3S/c1-16(2,3)11-7-13(24-21-11)18-12(22)9-25-15-20-19-14(23-15)10-5-4-6-17-8-10/h4-8H,9H2,1-3H3,(H,18,22). The summed E-state index contributed by atoms with van der Waals surface area (Å²) in [5.74, 6) is 0.543. The number of nitrogens with one attached hydrogen (secondary N) is 1. The minimum absolute atomic E-state index is 0.111. The van der Waals surface area contributed by atoms with E-state index in [1.165, 1.54) is 0 Å². The van der Waals surface area contributed by atoms with Crippen LogP contribution in [0.15, 0.2) is 44.8 Å². The average molecular weight is 359 g/mol. The zero-order chi connectivity index (χ0) is 17.9. The topological polar surface area (TPSA) is 107 Å². The second-order valence-corrected chi connectivity index (χ2v) is 7.20. The highest BCUT2D eigenvalue weighted by atomic mass is 32.2. The molecule has 0 fully saturated rings. The summed E-state index contributed by atoms with van der Waals surface area (Å²) in [7, 11) is 0. The molecular formula is C16H17N5O3S. The van der Waals surface area contributed by atoms with Gasteiger partial charge in [0.05, 0.1) is 17.0 Å². The minimum Gasteiger partial charge on any atom is -0.411 e. The number of amides is 1. The van der Waals surface area contributed by atoms with Crippen LogP contribution >= 0.6 is 11.8 Å². The molecule has 0 saturated carbocycles. The van der Waals surface area contributed by atoms with Gasteiger partial charge in [-0.25, -0.2) is 0 Å². The van der Waals surface area contributed by atoms with E-state index in [1.54, 1.807) is 24.5 Å². The lowest BCUT2D eigenvalue weighted by Crippen LogP contribution is -2.14. The van der Waals surface area contributed by atoms with Crippen LogP contribution in [-0.4, -0.2) is 32.0 Å². The molecular weight excluding hydrogens is 342 g/mol. The quantitative estimate of drug-likeness (QED) is 0.692.